The summed E-state index contributed by atoms with van der Waals surface area (Å²) in [7, 11) is 0.784. The van der Waals surface area contributed by atoms with Crippen LogP contribution in [0.1, 0.15) is 10.4 Å². The van der Waals surface area contributed by atoms with Gasteiger partial charge in [0, 0.05) is 42.6 Å². The maximum atomic E-state index is 11.8. The second-order valence-electron chi connectivity index (χ2n) is 3.33. The van der Waals surface area contributed by atoms with E-state index < -0.39 is 10.8 Å². The van der Waals surface area contributed by atoms with Crippen molar-refractivity contribution < 1.29 is 9.00 Å². The number of anilines is 1. The van der Waals surface area contributed by atoms with Crippen LogP contribution in [0.15, 0.2) is 12.3 Å². The summed E-state index contributed by atoms with van der Waals surface area (Å²) in [6.07, 6.45) is 3.00. The summed E-state index contributed by atoms with van der Waals surface area (Å²) >= 11 is 5.88. The Morgan fingerprint density at radius 3 is 2.88 bits per heavy atom. The SMILES string of the molecule is CNc1cc(C(=O)NCCS(C)=O)c(Cl)cn1. The van der Waals surface area contributed by atoms with Crippen LogP contribution in [0.5, 0.6) is 0 Å². The molecule has 1 rings (SSSR count). The van der Waals surface area contributed by atoms with Crippen LogP contribution in [-0.4, -0.2) is 40.7 Å². The van der Waals surface area contributed by atoms with Crippen molar-refractivity contribution in [2.45, 2.75) is 0 Å². The minimum Gasteiger partial charge on any atom is -0.373 e. The quantitative estimate of drug-likeness (QED) is 0.837. The molecule has 5 nitrogen and oxygen atoms in total. The van der Waals surface area contributed by atoms with Crippen LogP contribution in [0.3, 0.4) is 0 Å². The van der Waals surface area contributed by atoms with Crippen LogP contribution in [-0.2, 0) is 10.8 Å². The van der Waals surface area contributed by atoms with Crippen molar-refractivity contribution in [2.24, 2.45) is 0 Å². The predicted octanol–water partition coefficient (Wildman–Crippen LogP) is 0.885. The fraction of sp³-hybridized carbons (Fsp3) is 0.400. The van der Waals surface area contributed by atoms with Crippen molar-refractivity contribution in [1.29, 1.82) is 0 Å². The molecule has 94 valence electrons. The van der Waals surface area contributed by atoms with Crippen LogP contribution in [0, 0.1) is 0 Å². The molecule has 1 aromatic heterocycles. The van der Waals surface area contributed by atoms with E-state index >= 15 is 0 Å². The Balaban J connectivity index is 2.70. The molecule has 0 saturated carbocycles. The summed E-state index contributed by atoms with van der Waals surface area (Å²) in [4.78, 5) is 15.7. The molecule has 0 aromatic carbocycles. The van der Waals surface area contributed by atoms with E-state index in [1.807, 2.05) is 0 Å². The van der Waals surface area contributed by atoms with Gasteiger partial charge in [-0.1, -0.05) is 11.6 Å². The third-order valence-electron chi connectivity index (χ3n) is 2.03. The van der Waals surface area contributed by atoms with Gasteiger partial charge in [-0.15, -0.1) is 0 Å². The minimum absolute atomic E-state index is 0.291. The molecule has 0 aliphatic rings. The number of rotatable bonds is 5. The Bertz CT molecular complexity index is 440. The minimum atomic E-state index is -0.922. The van der Waals surface area contributed by atoms with Crippen LogP contribution in [0.4, 0.5) is 5.82 Å². The van der Waals surface area contributed by atoms with Crippen LogP contribution in [0.25, 0.3) is 0 Å². The lowest BCUT2D eigenvalue weighted by molar-refractivity contribution is 0.0956. The molecule has 0 saturated heterocycles. The van der Waals surface area contributed by atoms with Crippen molar-refractivity contribution in [1.82, 2.24) is 10.3 Å². The van der Waals surface area contributed by atoms with E-state index in [9.17, 15) is 9.00 Å². The van der Waals surface area contributed by atoms with Crippen molar-refractivity contribution in [3.8, 4) is 0 Å². The summed E-state index contributed by atoms with van der Waals surface area (Å²) in [6.45, 7) is 0.357. The number of nitrogens with one attached hydrogen (secondary N) is 2. The highest BCUT2D eigenvalue weighted by atomic mass is 35.5. The van der Waals surface area contributed by atoms with E-state index in [1.165, 1.54) is 6.20 Å². The molecule has 1 unspecified atom stereocenters. The summed E-state index contributed by atoms with van der Waals surface area (Å²) < 4.78 is 10.8. The van der Waals surface area contributed by atoms with E-state index in [4.69, 9.17) is 11.6 Å². The van der Waals surface area contributed by atoms with Crippen LogP contribution in [0.2, 0.25) is 5.02 Å². The number of carbonyl (C=O) groups excluding carboxylic acids is 1. The molecule has 0 fully saturated rings. The van der Waals surface area contributed by atoms with E-state index in [-0.39, 0.29) is 5.91 Å². The molecular formula is C10H14ClN3O2S. The molecule has 0 aliphatic carbocycles. The monoisotopic (exact) mass is 275 g/mol. The molecule has 0 aliphatic heterocycles. The smallest absolute Gasteiger partial charge is 0.253 e. The van der Waals surface area contributed by atoms with Gasteiger partial charge in [-0.3, -0.25) is 9.00 Å². The van der Waals surface area contributed by atoms with Gasteiger partial charge in [0.25, 0.3) is 5.91 Å². The first-order valence-electron chi connectivity index (χ1n) is 4.96. The van der Waals surface area contributed by atoms with Gasteiger partial charge in [0.15, 0.2) is 0 Å². The number of aromatic nitrogens is 1. The highest BCUT2D eigenvalue weighted by Crippen LogP contribution is 2.17. The zero-order chi connectivity index (χ0) is 12.8. The highest BCUT2D eigenvalue weighted by molar-refractivity contribution is 7.84. The van der Waals surface area contributed by atoms with Crippen molar-refractivity contribution in [3.05, 3.63) is 22.8 Å². The second kappa shape index (κ2) is 6.56. The average molecular weight is 276 g/mol. The lowest BCUT2D eigenvalue weighted by atomic mass is 10.2. The number of halogens is 1. The van der Waals surface area contributed by atoms with Gasteiger partial charge in [0.2, 0.25) is 0 Å². The molecular weight excluding hydrogens is 262 g/mol. The average Bonchev–Trinajstić information content (AvgIpc) is 2.29. The molecule has 17 heavy (non-hydrogen) atoms. The predicted molar refractivity (Wildman–Crippen MR) is 70.1 cm³/mol. The third kappa shape index (κ3) is 4.32. The Morgan fingerprint density at radius 1 is 1.59 bits per heavy atom. The second-order valence-corrected chi connectivity index (χ2v) is 5.29. The van der Waals surface area contributed by atoms with E-state index in [2.05, 4.69) is 15.6 Å². The first kappa shape index (κ1) is 13.9. The molecule has 0 radical (unpaired) electrons. The topological polar surface area (TPSA) is 71.1 Å². The lowest BCUT2D eigenvalue weighted by Crippen LogP contribution is -2.27. The Labute approximate surface area is 107 Å². The van der Waals surface area contributed by atoms with Crippen LogP contribution < -0.4 is 10.6 Å². The molecule has 2 N–H and O–H groups in total. The number of hydrogen-bond acceptors (Lipinski definition) is 4. The largest absolute Gasteiger partial charge is 0.373 e. The van der Waals surface area contributed by atoms with Gasteiger partial charge in [0.05, 0.1) is 10.6 Å². The fourth-order valence-corrected chi connectivity index (χ4v) is 1.73. The van der Waals surface area contributed by atoms with Crippen LogP contribution >= 0.6 is 11.6 Å². The maximum Gasteiger partial charge on any atom is 0.253 e. The number of nitrogens with zero attached hydrogens (tertiary/aromatic N) is 1. The number of pyridine rings is 1. The molecule has 1 amide bonds. The highest BCUT2D eigenvalue weighted by Gasteiger charge is 2.11. The van der Waals surface area contributed by atoms with Gasteiger partial charge < -0.3 is 10.6 Å². The van der Waals surface area contributed by atoms with Gasteiger partial charge in [0.1, 0.15) is 5.82 Å². The summed E-state index contributed by atoms with van der Waals surface area (Å²) in [5.41, 5.74) is 0.355. The first-order chi connectivity index (χ1) is 8.04. The standard InChI is InChI=1S/C10H14ClN3O2S/c1-12-9-5-7(8(11)6-14-9)10(15)13-3-4-17(2)16/h5-6H,3-4H2,1-2H3,(H,12,14)(H,13,15). The number of amides is 1. The van der Waals surface area contributed by atoms with Gasteiger partial charge in [-0.05, 0) is 6.07 Å². The third-order valence-corrected chi connectivity index (χ3v) is 3.11. The normalized spacial score (nSPS) is 11.9. The summed E-state index contributed by atoms with van der Waals surface area (Å²) in [6, 6.07) is 1.57. The molecule has 1 heterocycles. The van der Waals surface area contributed by atoms with Crippen molar-refractivity contribution in [2.75, 3.05) is 30.9 Å². The van der Waals surface area contributed by atoms with E-state index in [1.54, 1.807) is 19.4 Å². The number of hydrogen-bond donors (Lipinski definition) is 2. The lowest BCUT2D eigenvalue weighted by Gasteiger charge is -2.07. The van der Waals surface area contributed by atoms with Gasteiger partial charge in [-0.25, -0.2) is 4.98 Å². The van der Waals surface area contributed by atoms with Crippen molar-refractivity contribution >= 4 is 34.1 Å². The van der Waals surface area contributed by atoms with E-state index in [0.29, 0.717) is 28.7 Å². The maximum absolute atomic E-state index is 11.8. The Kier molecular flexibility index (Phi) is 5.37. The fourth-order valence-electron chi connectivity index (χ4n) is 1.15. The van der Waals surface area contributed by atoms with Gasteiger partial charge in [-0.2, -0.15) is 0 Å². The molecule has 0 spiro atoms. The zero-order valence-electron chi connectivity index (χ0n) is 9.62. The van der Waals surface area contributed by atoms with Crippen molar-refractivity contribution in [3.63, 3.8) is 0 Å². The zero-order valence-corrected chi connectivity index (χ0v) is 11.2. The number of carbonyl (C=O) groups is 1. The first-order valence-corrected chi connectivity index (χ1v) is 7.06. The molecule has 0 bridgehead atoms. The Morgan fingerprint density at radius 2 is 2.29 bits per heavy atom. The molecule has 7 heteroatoms. The van der Waals surface area contributed by atoms with E-state index in [0.717, 1.165) is 0 Å². The Hall–Kier alpha value is -1.14. The van der Waals surface area contributed by atoms with Gasteiger partial charge >= 0.3 is 0 Å². The molecule has 1 aromatic rings. The summed E-state index contributed by atoms with van der Waals surface area (Å²) in [5.74, 6) is 0.700. The summed E-state index contributed by atoms with van der Waals surface area (Å²) in [5, 5.41) is 5.77. The molecule has 1 atom stereocenters.